The number of ketones is 1. The van der Waals surface area contributed by atoms with Gasteiger partial charge in [-0.15, -0.1) is 0 Å². The average Bonchev–Trinajstić information content (AvgIpc) is 2.59. The van der Waals surface area contributed by atoms with Crippen molar-refractivity contribution in [3.8, 4) is 0 Å². The molecule has 0 fully saturated rings. The van der Waals surface area contributed by atoms with Crippen molar-refractivity contribution in [3.63, 3.8) is 0 Å². The average molecular weight is 350 g/mol. The van der Waals surface area contributed by atoms with Crippen LogP contribution in [0.4, 0.5) is 4.79 Å². The van der Waals surface area contributed by atoms with Crippen LogP contribution in [0, 0.1) is 11.8 Å². The number of nitrogens with two attached hydrogens (primary N) is 1. The molecular formula is C17H22N2O6. The fourth-order valence-electron chi connectivity index (χ4n) is 2.06. The summed E-state index contributed by atoms with van der Waals surface area (Å²) in [6.07, 6.45) is -0.866. The van der Waals surface area contributed by atoms with Crippen molar-refractivity contribution >= 4 is 24.1 Å². The van der Waals surface area contributed by atoms with E-state index in [0.717, 1.165) is 0 Å². The number of amides is 1. The van der Waals surface area contributed by atoms with E-state index in [-0.39, 0.29) is 18.8 Å². The Morgan fingerprint density at radius 3 is 2.32 bits per heavy atom. The van der Waals surface area contributed by atoms with Crippen LogP contribution < -0.4 is 11.1 Å². The third-order valence-electron chi connectivity index (χ3n) is 3.63. The minimum Gasteiger partial charge on any atom is -0.480 e. The second-order valence-electron chi connectivity index (χ2n) is 5.86. The van der Waals surface area contributed by atoms with Crippen molar-refractivity contribution in [1.29, 1.82) is 0 Å². The predicted molar refractivity (Wildman–Crippen MR) is 88.6 cm³/mol. The highest BCUT2D eigenvalue weighted by atomic mass is 16.5. The van der Waals surface area contributed by atoms with Gasteiger partial charge in [0.05, 0.1) is 6.04 Å². The lowest BCUT2D eigenvalue weighted by Crippen LogP contribution is -2.53. The van der Waals surface area contributed by atoms with Gasteiger partial charge in [0, 0.05) is 0 Å². The lowest BCUT2D eigenvalue weighted by molar-refractivity contribution is -0.145. The molecule has 0 aromatic heterocycles. The van der Waals surface area contributed by atoms with E-state index in [1.165, 1.54) is 0 Å². The van der Waals surface area contributed by atoms with Gasteiger partial charge >= 0.3 is 12.1 Å². The molecule has 0 aliphatic rings. The molecule has 3 atom stereocenters. The Balaban J connectivity index is 2.77. The van der Waals surface area contributed by atoms with Crippen LogP contribution in [0.5, 0.6) is 0 Å². The van der Waals surface area contributed by atoms with Crippen molar-refractivity contribution in [2.75, 3.05) is 0 Å². The molecule has 0 spiro atoms. The second kappa shape index (κ2) is 9.53. The minimum atomic E-state index is -1.75. The number of aldehydes is 1. The number of carboxylic acids is 1. The molecule has 8 heteroatoms. The summed E-state index contributed by atoms with van der Waals surface area (Å²) in [6.45, 7) is 3.26. The van der Waals surface area contributed by atoms with Gasteiger partial charge in [-0.2, -0.15) is 0 Å². The van der Waals surface area contributed by atoms with E-state index in [1.54, 1.807) is 44.2 Å². The highest BCUT2D eigenvalue weighted by molar-refractivity contribution is 6.02. The number of hydrogen-bond acceptors (Lipinski definition) is 6. The maximum Gasteiger partial charge on any atom is 0.408 e. The molecule has 0 heterocycles. The molecule has 1 rings (SSSR count). The van der Waals surface area contributed by atoms with E-state index in [1.807, 2.05) is 5.32 Å². The Bertz CT molecular complexity index is 617. The summed E-state index contributed by atoms with van der Waals surface area (Å²) >= 11 is 0. The zero-order valence-corrected chi connectivity index (χ0v) is 14.0. The van der Waals surface area contributed by atoms with Crippen molar-refractivity contribution in [2.45, 2.75) is 32.5 Å². The van der Waals surface area contributed by atoms with Crippen molar-refractivity contribution in [2.24, 2.45) is 17.6 Å². The molecule has 4 N–H and O–H groups in total. The Morgan fingerprint density at radius 2 is 1.84 bits per heavy atom. The first-order valence-electron chi connectivity index (χ1n) is 7.72. The third-order valence-corrected chi connectivity index (χ3v) is 3.63. The van der Waals surface area contributed by atoms with E-state index in [9.17, 15) is 24.3 Å². The van der Waals surface area contributed by atoms with Crippen molar-refractivity contribution in [1.82, 2.24) is 5.32 Å². The zero-order chi connectivity index (χ0) is 19.0. The molecular weight excluding hydrogens is 328 g/mol. The Morgan fingerprint density at radius 1 is 1.24 bits per heavy atom. The SMILES string of the molecule is CC(C)C(N)C(=O)C(C=O)C(NC(=O)OCc1ccccc1)C(=O)O. The number of Topliss-reactive ketones (excluding diaryl/α,β-unsaturated/α-hetero) is 1. The molecule has 1 aromatic rings. The first-order valence-corrected chi connectivity index (χ1v) is 7.72. The van der Waals surface area contributed by atoms with E-state index < -0.39 is 35.8 Å². The Labute approximate surface area is 145 Å². The summed E-state index contributed by atoms with van der Waals surface area (Å²) < 4.78 is 4.92. The number of nitrogens with one attached hydrogen (secondary N) is 1. The van der Waals surface area contributed by atoms with E-state index in [2.05, 4.69) is 0 Å². The molecule has 0 bridgehead atoms. The van der Waals surface area contributed by atoms with Gasteiger partial charge in [-0.3, -0.25) is 4.79 Å². The fraction of sp³-hybridized carbons (Fsp3) is 0.412. The van der Waals surface area contributed by atoms with E-state index in [4.69, 9.17) is 10.5 Å². The summed E-state index contributed by atoms with van der Waals surface area (Å²) in [4.78, 5) is 46.7. The minimum absolute atomic E-state index is 0.0791. The van der Waals surface area contributed by atoms with Gasteiger partial charge in [-0.1, -0.05) is 44.2 Å². The molecule has 25 heavy (non-hydrogen) atoms. The first kappa shape index (κ1) is 20.3. The highest BCUT2D eigenvalue weighted by Gasteiger charge is 2.38. The predicted octanol–water partition coefficient (Wildman–Crippen LogP) is 0.734. The maximum atomic E-state index is 12.2. The number of carbonyl (C=O) groups is 4. The summed E-state index contributed by atoms with van der Waals surface area (Å²) in [5, 5.41) is 11.3. The normalized spacial score (nSPS) is 14.2. The van der Waals surface area contributed by atoms with Crippen molar-refractivity contribution < 1.29 is 29.0 Å². The van der Waals surface area contributed by atoms with Crippen LogP contribution in [0.15, 0.2) is 30.3 Å². The molecule has 0 saturated heterocycles. The number of alkyl carbamates (subject to hydrolysis) is 1. The quantitative estimate of drug-likeness (QED) is 0.441. The Hall–Kier alpha value is -2.74. The van der Waals surface area contributed by atoms with Crippen LogP contribution in [-0.2, 0) is 25.7 Å². The number of hydrogen-bond donors (Lipinski definition) is 3. The number of benzene rings is 1. The molecule has 0 radical (unpaired) electrons. The van der Waals surface area contributed by atoms with E-state index in [0.29, 0.717) is 5.56 Å². The van der Waals surface area contributed by atoms with Crippen LogP contribution >= 0.6 is 0 Å². The molecule has 136 valence electrons. The molecule has 1 amide bonds. The summed E-state index contributed by atoms with van der Waals surface area (Å²) in [5.41, 5.74) is 6.40. The van der Waals surface area contributed by atoms with Crippen LogP contribution in [0.2, 0.25) is 0 Å². The van der Waals surface area contributed by atoms with Crippen LogP contribution in [0.1, 0.15) is 19.4 Å². The molecule has 0 aliphatic heterocycles. The van der Waals surface area contributed by atoms with Crippen molar-refractivity contribution in [3.05, 3.63) is 35.9 Å². The maximum absolute atomic E-state index is 12.2. The molecule has 0 saturated carbocycles. The zero-order valence-electron chi connectivity index (χ0n) is 14.0. The van der Waals surface area contributed by atoms with Gasteiger partial charge in [-0.25, -0.2) is 9.59 Å². The largest absolute Gasteiger partial charge is 0.480 e. The van der Waals surface area contributed by atoms with E-state index >= 15 is 0 Å². The smallest absolute Gasteiger partial charge is 0.408 e. The number of carboxylic acid groups (broad SMARTS) is 1. The molecule has 3 unspecified atom stereocenters. The molecule has 1 aromatic carbocycles. The number of aliphatic carboxylic acids is 1. The number of rotatable bonds is 9. The first-order chi connectivity index (χ1) is 11.8. The Kier molecular flexibility index (Phi) is 7.74. The van der Waals surface area contributed by atoms with Gasteiger partial charge < -0.3 is 25.7 Å². The highest BCUT2D eigenvalue weighted by Crippen LogP contribution is 2.11. The van der Waals surface area contributed by atoms with Gasteiger partial charge in [0.1, 0.15) is 24.9 Å². The summed E-state index contributed by atoms with van der Waals surface area (Å²) in [6, 6.07) is 5.98. The van der Waals surface area contributed by atoms with Crippen LogP contribution in [0.25, 0.3) is 0 Å². The van der Waals surface area contributed by atoms with Crippen LogP contribution in [-0.4, -0.2) is 41.3 Å². The van der Waals surface area contributed by atoms with Gasteiger partial charge in [0.25, 0.3) is 0 Å². The molecule has 8 nitrogen and oxygen atoms in total. The summed E-state index contributed by atoms with van der Waals surface area (Å²) in [7, 11) is 0. The second-order valence-corrected chi connectivity index (χ2v) is 5.86. The van der Waals surface area contributed by atoms with Crippen LogP contribution in [0.3, 0.4) is 0 Å². The summed E-state index contributed by atoms with van der Waals surface area (Å²) in [5.74, 6) is -4.16. The standard InChI is InChI=1S/C17H22N2O6/c1-10(2)13(18)15(21)12(8-20)14(16(22)23)19-17(24)25-9-11-6-4-3-5-7-11/h3-8,10,12-14H,9,18H2,1-2H3,(H,19,24)(H,22,23). The topological polar surface area (TPSA) is 136 Å². The van der Waals surface area contributed by atoms with Gasteiger partial charge in [0.2, 0.25) is 0 Å². The van der Waals surface area contributed by atoms with Gasteiger partial charge in [0.15, 0.2) is 5.78 Å². The molecule has 0 aliphatic carbocycles. The number of ether oxygens (including phenoxy) is 1. The lowest BCUT2D eigenvalue weighted by atomic mass is 9.88. The lowest BCUT2D eigenvalue weighted by Gasteiger charge is -2.23. The van der Waals surface area contributed by atoms with Gasteiger partial charge in [-0.05, 0) is 11.5 Å². The fourth-order valence-corrected chi connectivity index (χ4v) is 2.06. The monoisotopic (exact) mass is 350 g/mol. The number of carbonyl (C=O) groups excluding carboxylic acids is 3. The third kappa shape index (κ3) is 6.00.